The Morgan fingerprint density at radius 2 is 2.21 bits per heavy atom. The first-order valence-electron chi connectivity index (χ1n) is 6.07. The zero-order chi connectivity index (χ0) is 13.3. The molecule has 0 radical (unpaired) electrons. The molecule has 0 spiro atoms. The van der Waals surface area contributed by atoms with E-state index in [4.69, 9.17) is 16.3 Å². The van der Waals surface area contributed by atoms with Gasteiger partial charge >= 0.3 is 0 Å². The van der Waals surface area contributed by atoms with Crippen molar-refractivity contribution >= 4 is 28.6 Å². The topological polar surface area (TPSA) is 96.0 Å². The summed E-state index contributed by atoms with van der Waals surface area (Å²) in [7, 11) is 0. The molecule has 2 aromatic heterocycles. The molecule has 102 valence electrons. The van der Waals surface area contributed by atoms with Crippen LogP contribution in [0.25, 0.3) is 11.2 Å². The summed E-state index contributed by atoms with van der Waals surface area (Å²) >= 11 is 5.84. The van der Waals surface area contributed by atoms with Crippen molar-refractivity contribution in [2.24, 2.45) is 0 Å². The Balaban J connectivity index is 1.79. The van der Waals surface area contributed by atoms with Gasteiger partial charge in [-0.05, 0) is 11.6 Å². The number of nitrogens with zero attached hydrogens (tertiary/aromatic N) is 3. The molecule has 1 aliphatic rings. The Labute approximate surface area is 114 Å². The predicted octanol–water partition coefficient (Wildman–Crippen LogP) is 0.960. The van der Waals surface area contributed by atoms with Crippen molar-refractivity contribution in [3.05, 3.63) is 11.6 Å². The Hall–Kier alpha value is -1.44. The third kappa shape index (κ3) is 2.63. The lowest BCUT2D eigenvalue weighted by molar-refractivity contribution is -0.0543. The van der Waals surface area contributed by atoms with E-state index < -0.39 is 5.60 Å². The lowest BCUT2D eigenvalue weighted by Crippen LogP contribution is -2.42. The second-order valence-corrected chi connectivity index (χ2v) is 4.97. The van der Waals surface area contributed by atoms with Gasteiger partial charge in [0, 0.05) is 32.6 Å². The number of rotatable bonds is 3. The molecule has 0 atom stereocenters. The summed E-state index contributed by atoms with van der Waals surface area (Å²) in [4.78, 5) is 15.1. The average Bonchev–Trinajstić information content (AvgIpc) is 2.85. The van der Waals surface area contributed by atoms with Gasteiger partial charge in [0.15, 0.2) is 11.5 Å². The number of ether oxygens (including phenoxy) is 1. The van der Waals surface area contributed by atoms with Crippen molar-refractivity contribution < 1.29 is 9.84 Å². The summed E-state index contributed by atoms with van der Waals surface area (Å²) in [5.74, 6) is 0.549. The van der Waals surface area contributed by atoms with E-state index in [0.717, 1.165) is 0 Å². The van der Waals surface area contributed by atoms with E-state index in [9.17, 15) is 5.11 Å². The number of aromatic nitrogens is 4. The first kappa shape index (κ1) is 12.6. The Morgan fingerprint density at radius 1 is 1.42 bits per heavy atom. The normalized spacial score (nSPS) is 18.6. The van der Waals surface area contributed by atoms with Crippen molar-refractivity contribution in [1.29, 1.82) is 0 Å². The second kappa shape index (κ2) is 4.92. The van der Waals surface area contributed by atoms with E-state index in [1.54, 1.807) is 0 Å². The molecule has 1 fully saturated rings. The summed E-state index contributed by atoms with van der Waals surface area (Å²) in [6.07, 6.45) is 2.74. The van der Waals surface area contributed by atoms with Crippen molar-refractivity contribution in [2.45, 2.75) is 18.4 Å². The molecule has 3 heterocycles. The Bertz CT molecular complexity index is 581. The highest BCUT2D eigenvalue weighted by molar-refractivity contribution is 6.28. The molecule has 0 amide bonds. The monoisotopic (exact) mass is 283 g/mol. The van der Waals surface area contributed by atoms with E-state index in [-0.39, 0.29) is 5.28 Å². The van der Waals surface area contributed by atoms with Crippen LogP contribution in [0.5, 0.6) is 0 Å². The number of hydrogen-bond acceptors (Lipinski definition) is 6. The maximum Gasteiger partial charge on any atom is 0.226 e. The molecule has 3 N–H and O–H groups in total. The molecule has 7 nitrogen and oxygen atoms in total. The van der Waals surface area contributed by atoms with Crippen molar-refractivity contribution in [2.75, 3.05) is 25.1 Å². The minimum atomic E-state index is -0.776. The molecule has 1 saturated heterocycles. The van der Waals surface area contributed by atoms with Gasteiger partial charge in [0.05, 0.1) is 11.9 Å². The summed E-state index contributed by atoms with van der Waals surface area (Å²) in [5.41, 5.74) is 0.406. The highest BCUT2D eigenvalue weighted by Crippen LogP contribution is 2.23. The van der Waals surface area contributed by atoms with E-state index in [2.05, 4.69) is 25.3 Å². The van der Waals surface area contributed by atoms with Crippen molar-refractivity contribution in [1.82, 2.24) is 19.9 Å². The molecule has 19 heavy (non-hydrogen) atoms. The number of hydrogen-bond donors (Lipinski definition) is 3. The van der Waals surface area contributed by atoms with Crippen LogP contribution in [0.15, 0.2) is 6.33 Å². The first-order chi connectivity index (χ1) is 9.16. The quantitative estimate of drug-likeness (QED) is 0.726. The highest BCUT2D eigenvalue weighted by Gasteiger charge is 2.29. The molecule has 8 heteroatoms. The number of anilines is 1. The van der Waals surface area contributed by atoms with E-state index in [1.807, 2.05) is 0 Å². The minimum Gasteiger partial charge on any atom is -0.388 e. The number of halogens is 1. The van der Waals surface area contributed by atoms with Crippen LogP contribution in [0, 0.1) is 0 Å². The molecule has 0 aliphatic carbocycles. The van der Waals surface area contributed by atoms with Gasteiger partial charge in [-0.3, -0.25) is 0 Å². The van der Waals surface area contributed by atoms with Crippen LogP contribution >= 0.6 is 11.6 Å². The van der Waals surface area contributed by atoms with E-state index in [0.29, 0.717) is 49.6 Å². The fourth-order valence-electron chi connectivity index (χ4n) is 2.11. The number of nitrogens with one attached hydrogen (secondary N) is 2. The lowest BCUT2D eigenvalue weighted by atomic mass is 9.94. The molecule has 2 aromatic rings. The standard InChI is InChI=1S/C11H14ClN5O2/c12-10-16-8(7-9(17-10)15-6-14-7)13-5-11(18)1-3-19-4-2-11/h6,18H,1-5H2,(H2,13,14,15,16,17). The Kier molecular flexibility index (Phi) is 3.26. The number of imidazole rings is 1. The first-order valence-corrected chi connectivity index (χ1v) is 6.45. The van der Waals surface area contributed by atoms with Gasteiger partial charge in [0.25, 0.3) is 0 Å². The Morgan fingerprint density at radius 3 is 3.00 bits per heavy atom. The highest BCUT2D eigenvalue weighted by atomic mass is 35.5. The summed E-state index contributed by atoms with van der Waals surface area (Å²) < 4.78 is 5.24. The number of aliphatic hydroxyl groups is 1. The fourth-order valence-corrected chi connectivity index (χ4v) is 2.28. The number of fused-ring (bicyclic) bond motifs is 1. The molecular weight excluding hydrogens is 270 g/mol. The van der Waals surface area contributed by atoms with E-state index >= 15 is 0 Å². The van der Waals surface area contributed by atoms with Crippen molar-refractivity contribution in [3.63, 3.8) is 0 Å². The van der Waals surface area contributed by atoms with Crippen LogP contribution in [0.4, 0.5) is 5.82 Å². The van der Waals surface area contributed by atoms with Gasteiger partial charge in [-0.1, -0.05) is 0 Å². The van der Waals surface area contributed by atoms with Gasteiger partial charge in [-0.15, -0.1) is 0 Å². The SMILES string of the molecule is OC1(CNc2nc(Cl)nc3nc[nH]c23)CCOCC1. The lowest BCUT2D eigenvalue weighted by Gasteiger charge is -2.32. The van der Waals surface area contributed by atoms with Crippen molar-refractivity contribution in [3.8, 4) is 0 Å². The fraction of sp³-hybridized carbons (Fsp3) is 0.545. The van der Waals surface area contributed by atoms with Crippen LogP contribution in [0.1, 0.15) is 12.8 Å². The molecule has 3 rings (SSSR count). The summed E-state index contributed by atoms with van der Waals surface area (Å²) in [6.45, 7) is 1.53. The molecule has 1 aliphatic heterocycles. The average molecular weight is 284 g/mol. The smallest absolute Gasteiger partial charge is 0.226 e. The maximum atomic E-state index is 10.4. The largest absolute Gasteiger partial charge is 0.388 e. The van der Waals surface area contributed by atoms with Crippen LogP contribution < -0.4 is 5.32 Å². The van der Waals surface area contributed by atoms with E-state index in [1.165, 1.54) is 6.33 Å². The van der Waals surface area contributed by atoms with Gasteiger partial charge in [-0.2, -0.15) is 9.97 Å². The zero-order valence-corrected chi connectivity index (χ0v) is 10.9. The number of H-pyrrole nitrogens is 1. The molecule has 0 saturated carbocycles. The predicted molar refractivity (Wildman–Crippen MR) is 70.2 cm³/mol. The summed E-state index contributed by atoms with van der Waals surface area (Å²) in [5, 5.41) is 13.6. The third-order valence-corrected chi connectivity index (χ3v) is 3.44. The molecular formula is C11H14ClN5O2. The molecule has 0 aromatic carbocycles. The molecule has 0 unspecified atom stereocenters. The second-order valence-electron chi connectivity index (χ2n) is 4.63. The third-order valence-electron chi connectivity index (χ3n) is 3.27. The van der Waals surface area contributed by atoms with Crippen LogP contribution in [-0.2, 0) is 4.74 Å². The van der Waals surface area contributed by atoms with Gasteiger partial charge < -0.3 is 20.1 Å². The summed E-state index contributed by atoms with van der Waals surface area (Å²) in [6, 6.07) is 0. The molecule has 0 bridgehead atoms. The van der Waals surface area contributed by atoms with Gasteiger partial charge in [0.2, 0.25) is 5.28 Å². The van der Waals surface area contributed by atoms with Crippen LogP contribution in [-0.4, -0.2) is 50.4 Å². The zero-order valence-electron chi connectivity index (χ0n) is 10.2. The minimum absolute atomic E-state index is 0.126. The van der Waals surface area contributed by atoms with Crippen LogP contribution in [0.3, 0.4) is 0 Å². The van der Waals surface area contributed by atoms with Gasteiger partial charge in [0.1, 0.15) is 5.52 Å². The van der Waals surface area contributed by atoms with Gasteiger partial charge in [-0.25, -0.2) is 4.98 Å². The van der Waals surface area contributed by atoms with Crippen LogP contribution in [0.2, 0.25) is 5.28 Å². The maximum absolute atomic E-state index is 10.4. The number of aromatic amines is 1.